The highest BCUT2D eigenvalue weighted by Gasteiger charge is 2.59. The minimum Gasteiger partial charge on any atom is -0.337 e. The summed E-state index contributed by atoms with van der Waals surface area (Å²) in [5, 5.41) is 4.16. The minimum atomic E-state index is 0.0977. The standard InChI is InChI=1S/C19H31N3O/c1-18-11-8-15-13(14(18)6-7-16(18)21-20)9-12-22-17(23)5-3-4-10-19(15,22)2/h13-15H,3-12,20H2,1-2H3/b21-16-/t13-,14-,15?,18-,19+/m0/s1. The Kier molecular flexibility index (Phi) is 3.51. The molecule has 4 nitrogen and oxygen atoms in total. The number of hydrazone groups is 1. The van der Waals surface area contributed by atoms with Gasteiger partial charge >= 0.3 is 0 Å². The zero-order chi connectivity index (χ0) is 16.2. The molecule has 1 amide bonds. The average Bonchev–Trinajstić information content (AvgIpc) is 2.79. The summed E-state index contributed by atoms with van der Waals surface area (Å²) in [6.07, 6.45) is 10.2. The first kappa shape index (κ1) is 15.5. The molecule has 4 fully saturated rings. The van der Waals surface area contributed by atoms with Gasteiger partial charge in [0.15, 0.2) is 0 Å². The molecule has 0 aromatic heterocycles. The zero-order valence-corrected chi connectivity index (χ0v) is 14.7. The molecule has 0 spiro atoms. The first-order valence-electron chi connectivity index (χ1n) is 9.58. The van der Waals surface area contributed by atoms with Gasteiger partial charge in [-0.1, -0.05) is 13.3 Å². The van der Waals surface area contributed by atoms with Crippen molar-refractivity contribution in [3.63, 3.8) is 0 Å². The van der Waals surface area contributed by atoms with Crippen LogP contribution in [0.1, 0.15) is 71.6 Å². The third-order valence-corrected chi connectivity index (χ3v) is 8.06. The molecule has 2 heterocycles. The van der Waals surface area contributed by atoms with Crippen LogP contribution in [0, 0.1) is 23.2 Å². The van der Waals surface area contributed by atoms with Gasteiger partial charge in [-0.25, -0.2) is 0 Å². The molecule has 0 aromatic carbocycles. The molecule has 2 aliphatic heterocycles. The highest BCUT2D eigenvalue weighted by molar-refractivity contribution is 5.92. The number of amides is 1. The van der Waals surface area contributed by atoms with Gasteiger partial charge < -0.3 is 10.7 Å². The molecular weight excluding hydrogens is 286 g/mol. The third kappa shape index (κ3) is 2.02. The summed E-state index contributed by atoms with van der Waals surface area (Å²) in [6, 6.07) is 0. The number of fused-ring (bicyclic) bond motifs is 5. The lowest BCUT2D eigenvalue weighted by molar-refractivity contribution is -0.150. The Morgan fingerprint density at radius 3 is 2.70 bits per heavy atom. The molecule has 128 valence electrons. The second-order valence-corrected chi connectivity index (χ2v) is 8.85. The van der Waals surface area contributed by atoms with Crippen LogP contribution < -0.4 is 5.84 Å². The number of hydrogen-bond acceptors (Lipinski definition) is 3. The molecule has 4 aliphatic rings. The molecule has 4 heteroatoms. The monoisotopic (exact) mass is 317 g/mol. The summed E-state index contributed by atoms with van der Waals surface area (Å²) >= 11 is 0. The van der Waals surface area contributed by atoms with Gasteiger partial charge in [-0.3, -0.25) is 4.79 Å². The van der Waals surface area contributed by atoms with Crippen LogP contribution in [0.4, 0.5) is 0 Å². The Bertz CT molecular complexity index is 545. The van der Waals surface area contributed by atoms with Crippen LogP contribution in [0.5, 0.6) is 0 Å². The van der Waals surface area contributed by atoms with Gasteiger partial charge in [-0.15, -0.1) is 0 Å². The van der Waals surface area contributed by atoms with Crippen molar-refractivity contribution in [3.8, 4) is 0 Å². The Labute approximate surface area is 139 Å². The summed E-state index contributed by atoms with van der Waals surface area (Å²) in [4.78, 5) is 14.9. The lowest BCUT2D eigenvalue weighted by Gasteiger charge is -2.59. The van der Waals surface area contributed by atoms with Crippen molar-refractivity contribution in [2.45, 2.75) is 77.2 Å². The van der Waals surface area contributed by atoms with Gasteiger partial charge in [0, 0.05) is 29.6 Å². The summed E-state index contributed by atoms with van der Waals surface area (Å²) in [5.74, 6) is 8.26. The minimum absolute atomic E-state index is 0.0977. The highest BCUT2D eigenvalue weighted by atomic mass is 16.2. The molecule has 2 saturated carbocycles. The second-order valence-electron chi connectivity index (χ2n) is 8.85. The third-order valence-electron chi connectivity index (χ3n) is 8.06. The van der Waals surface area contributed by atoms with E-state index in [1.165, 1.54) is 44.2 Å². The predicted octanol–water partition coefficient (Wildman–Crippen LogP) is 3.31. The van der Waals surface area contributed by atoms with E-state index in [1.807, 2.05) is 0 Å². The fourth-order valence-electron chi connectivity index (χ4n) is 6.82. The van der Waals surface area contributed by atoms with Crippen molar-refractivity contribution < 1.29 is 4.79 Å². The molecule has 1 unspecified atom stereocenters. The van der Waals surface area contributed by atoms with Gasteiger partial charge in [0.1, 0.15) is 0 Å². The number of rotatable bonds is 0. The van der Waals surface area contributed by atoms with Gasteiger partial charge in [-0.2, -0.15) is 5.10 Å². The van der Waals surface area contributed by atoms with E-state index in [2.05, 4.69) is 23.8 Å². The maximum Gasteiger partial charge on any atom is 0.223 e. The van der Waals surface area contributed by atoms with E-state index < -0.39 is 0 Å². The Hall–Kier alpha value is -1.06. The Morgan fingerprint density at radius 2 is 1.91 bits per heavy atom. The van der Waals surface area contributed by atoms with Crippen molar-refractivity contribution in [1.29, 1.82) is 0 Å². The maximum absolute atomic E-state index is 12.6. The largest absolute Gasteiger partial charge is 0.337 e. The maximum atomic E-state index is 12.6. The Morgan fingerprint density at radius 1 is 1.09 bits per heavy atom. The Balaban J connectivity index is 1.68. The van der Waals surface area contributed by atoms with E-state index in [4.69, 9.17) is 5.84 Å². The molecule has 0 bridgehead atoms. The topological polar surface area (TPSA) is 58.7 Å². The van der Waals surface area contributed by atoms with Crippen molar-refractivity contribution in [2.24, 2.45) is 34.1 Å². The van der Waals surface area contributed by atoms with E-state index in [-0.39, 0.29) is 11.0 Å². The predicted molar refractivity (Wildman–Crippen MR) is 91.9 cm³/mol. The summed E-state index contributed by atoms with van der Waals surface area (Å²) in [7, 11) is 0. The number of nitrogens with zero attached hydrogens (tertiary/aromatic N) is 2. The van der Waals surface area contributed by atoms with Crippen LogP contribution in [0.25, 0.3) is 0 Å². The van der Waals surface area contributed by atoms with Crippen molar-refractivity contribution in [1.82, 2.24) is 4.90 Å². The number of carbonyl (C=O) groups is 1. The van der Waals surface area contributed by atoms with Crippen LogP contribution in [0.15, 0.2) is 5.10 Å². The molecule has 23 heavy (non-hydrogen) atoms. The van der Waals surface area contributed by atoms with Crippen LogP contribution in [-0.4, -0.2) is 28.6 Å². The molecule has 5 atom stereocenters. The van der Waals surface area contributed by atoms with E-state index in [0.29, 0.717) is 11.8 Å². The van der Waals surface area contributed by atoms with Crippen LogP contribution in [0.2, 0.25) is 0 Å². The van der Waals surface area contributed by atoms with E-state index >= 15 is 0 Å². The first-order chi connectivity index (χ1) is 11.0. The fourth-order valence-corrected chi connectivity index (χ4v) is 6.82. The van der Waals surface area contributed by atoms with Gasteiger partial charge in [-0.05, 0) is 69.6 Å². The quantitative estimate of drug-likeness (QED) is 0.550. The molecule has 2 N–H and O–H groups in total. The van der Waals surface area contributed by atoms with Gasteiger partial charge in [0.25, 0.3) is 0 Å². The lowest BCUT2D eigenvalue weighted by atomic mass is 9.53. The smallest absolute Gasteiger partial charge is 0.223 e. The zero-order valence-electron chi connectivity index (χ0n) is 14.7. The number of nitrogens with two attached hydrogens (primary N) is 1. The fraction of sp³-hybridized carbons (Fsp3) is 0.895. The van der Waals surface area contributed by atoms with Crippen LogP contribution >= 0.6 is 0 Å². The normalized spacial score (nSPS) is 48.6. The average molecular weight is 317 g/mol. The SMILES string of the molecule is C[C@]12CCC3[C@@H](CCN4C(=O)CCCC[C@]34C)[C@@H]1CC/C2=N/N. The molecule has 0 radical (unpaired) electrons. The van der Waals surface area contributed by atoms with E-state index in [9.17, 15) is 4.79 Å². The number of piperidine rings is 1. The van der Waals surface area contributed by atoms with Gasteiger partial charge in [0.05, 0.1) is 0 Å². The lowest BCUT2D eigenvalue weighted by Crippen LogP contribution is -2.62. The molecular formula is C19H31N3O. The number of hydrogen-bond donors (Lipinski definition) is 1. The van der Waals surface area contributed by atoms with E-state index in [1.54, 1.807) is 0 Å². The summed E-state index contributed by atoms with van der Waals surface area (Å²) < 4.78 is 0. The second kappa shape index (κ2) is 5.22. The molecule has 4 rings (SSSR count). The van der Waals surface area contributed by atoms with E-state index in [0.717, 1.165) is 37.6 Å². The van der Waals surface area contributed by atoms with Crippen molar-refractivity contribution >= 4 is 11.6 Å². The molecule has 2 saturated heterocycles. The summed E-state index contributed by atoms with van der Waals surface area (Å²) in [6.45, 7) is 5.76. The highest BCUT2D eigenvalue weighted by Crippen LogP contribution is 2.60. The van der Waals surface area contributed by atoms with Crippen LogP contribution in [0.3, 0.4) is 0 Å². The van der Waals surface area contributed by atoms with Crippen molar-refractivity contribution in [3.05, 3.63) is 0 Å². The first-order valence-corrected chi connectivity index (χ1v) is 9.58. The summed E-state index contributed by atoms with van der Waals surface area (Å²) in [5.41, 5.74) is 1.58. The van der Waals surface area contributed by atoms with Gasteiger partial charge in [0.2, 0.25) is 5.91 Å². The van der Waals surface area contributed by atoms with Crippen molar-refractivity contribution in [2.75, 3.05) is 6.54 Å². The molecule has 2 aliphatic carbocycles. The number of carbonyl (C=O) groups excluding carboxylic acids is 1. The van der Waals surface area contributed by atoms with Crippen LogP contribution in [-0.2, 0) is 4.79 Å². The molecule has 0 aromatic rings.